The van der Waals surface area contributed by atoms with Crippen LogP contribution in [0.25, 0.3) is 0 Å². The zero-order valence-electron chi connectivity index (χ0n) is 8.73. The van der Waals surface area contributed by atoms with E-state index < -0.39 is 11.5 Å². The number of amides is 1. The Bertz CT molecular complexity index is 423. The van der Waals surface area contributed by atoms with Crippen molar-refractivity contribution in [2.24, 2.45) is 0 Å². The van der Waals surface area contributed by atoms with E-state index in [1.807, 2.05) is 0 Å². The van der Waals surface area contributed by atoms with Crippen molar-refractivity contribution in [2.75, 3.05) is 13.2 Å². The summed E-state index contributed by atoms with van der Waals surface area (Å²) in [6.07, 6.45) is 4.54. The highest BCUT2D eigenvalue weighted by Crippen LogP contribution is 2.10. The molecular formula is C10H13N3O3. The van der Waals surface area contributed by atoms with Gasteiger partial charge in [-0.15, -0.1) is 0 Å². The van der Waals surface area contributed by atoms with Gasteiger partial charge in [-0.05, 0) is 12.8 Å². The molecule has 1 amide bonds. The van der Waals surface area contributed by atoms with E-state index >= 15 is 0 Å². The SMILES string of the molecule is O=C(NCC1CCCO1)c1cnc[nH]c1=O. The summed E-state index contributed by atoms with van der Waals surface area (Å²) in [5.41, 5.74) is -0.402. The number of carbonyl (C=O) groups excluding carboxylic acids is 1. The molecule has 2 heterocycles. The van der Waals surface area contributed by atoms with E-state index in [1.54, 1.807) is 0 Å². The van der Waals surface area contributed by atoms with Gasteiger partial charge >= 0.3 is 0 Å². The van der Waals surface area contributed by atoms with Crippen molar-refractivity contribution in [1.82, 2.24) is 15.3 Å². The molecule has 86 valence electrons. The van der Waals surface area contributed by atoms with Gasteiger partial charge in [0.2, 0.25) is 0 Å². The van der Waals surface area contributed by atoms with Crippen molar-refractivity contribution in [3.05, 3.63) is 28.4 Å². The molecule has 6 heteroatoms. The fourth-order valence-electron chi connectivity index (χ4n) is 1.61. The van der Waals surface area contributed by atoms with Gasteiger partial charge in [0.15, 0.2) is 0 Å². The quantitative estimate of drug-likeness (QED) is 0.735. The van der Waals surface area contributed by atoms with Crippen LogP contribution in [0.1, 0.15) is 23.2 Å². The molecule has 1 saturated heterocycles. The fraction of sp³-hybridized carbons (Fsp3) is 0.500. The Morgan fingerprint density at radius 2 is 2.56 bits per heavy atom. The molecule has 6 nitrogen and oxygen atoms in total. The Labute approximate surface area is 92.0 Å². The van der Waals surface area contributed by atoms with E-state index in [4.69, 9.17) is 4.74 Å². The minimum Gasteiger partial charge on any atom is -0.376 e. The molecule has 1 aliphatic rings. The molecule has 1 aliphatic heterocycles. The number of hydrogen-bond donors (Lipinski definition) is 2. The van der Waals surface area contributed by atoms with E-state index in [9.17, 15) is 9.59 Å². The molecule has 0 radical (unpaired) electrons. The van der Waals surface area contributed by atoms with E-state index in [1.165, 1.54) is 12.5 Å². The summed E-state index contributed by atoms with van der Waals surface area (Å²) >= 11 is 0. The number of aromatic nitrogens is 2. The van der Waals surface area contributed by atoms with Gasteiger partial charge in [0.25, 0.3) is 11.5 Å². The maximum atomic E-state index is 11.6. The molecule has 2 rings (SSSR count). The number of aromatic amines is 1. The molecule has 0 bridgehead atoms. The first-order valence-corrected chi connectivity index (χ1v) is 5.20. The molecule has 1 aromatic heterocycles. The number of nitrogens with one attached hydrogen (secondary N) is 2. The lowest BCUT2D eigenvalue weighted by atomic mass is 10.2. The lowest BCUT2D eigenvalue weighted by molar-refractivity contribution is 0.0856. The molecule has 16 heavy (non-hydrogen) atoms. The summed E-state index contributed by atoms with van der Waals surface area (Å²) in [6, 6.07) is 0. The molecule has 1 aromatic rings. The molecule has 1 unspecified atom stereocenters. The van der Waals surface area contributed by atoms with Crippen LogP contribution in [-0.2, 0) is 4.74 Å². The van der Waals surface area contributed by atoms with Gasteiger partial charge in [0.05, 0.1) is 12.4 Å². The van der Waals surface area contributed by atoms with Crippen molar-refractivity contribution >= 4 is 5.91 Å². The highest BCUT2D eigenvalue weighted by atomic mass is 16.5. The van der Waals surface area contributed by atoms with E-state index in [0.29, 0.717) is 6.54 Å². The second kappa shape index (κ2) is 4.89. The van der Waals surface area contributed by atoms with Gasteiger partial charge in [0, 0.05) is 19.3 Å². The van der Waals surface area contributed by atoms with Gasteiger partial charge < -0.3 is 15.0 Å². The predicted octanol–water partition coefficient (Wildman–Crippen LogP) is -0.321. The molecule has 1 atom stereocenters. The second-order valence-corrected chi connectivity index (χ2v) is 3.64. The van der Waals surface area contributed by atoms with Crippen LogP contribution < -0.4 is 10.9 Å². The van der Waals surface area contributed by atoms with Crippen LogP contribution in [0.5, 0.6) is 0 Å². The van der Waals surface area contributed by atoms with Crippen LogP contribution in [0, 0.1) is 0 Å². The Kier molecular flexibility index (Phi) is 3.31. The number of ether oxygens (including phenoxy) is 1. The number of carbonyl (C=O) groups is 1. The van der Waals surface area contributed by atoms with Gasteiger partial charge in [-0.25, -0.2) is 4.98 Å². The smallest absolute Gasteiger partial charge is 0.263 e. The highest BCUT2D eigenvalue weighted by molar-refractivity contribution is 5.93. The Morgan fingerprint density at radius 3 is 3.25 bits per heavy atom. The normalized spacial score (nSPS) is 19.6. The number of nitrogens with zero attached hydrogens (tertiary/aromatic N) is 1. The summed E-state index contributed by atoms with van der Waals surface area (Å²) < 4.78 is 5.35. The lowest BCUT2D eigenvalue weighted by Crippen LogP contribution is -2.35. The molecule has 0 spiro atoms. The van der Waals surface area contributed by atoms with Crippen LogP contribution in [0.3, 0.4) is 0 Å². The second-order valence-electron chi connectivity index (χ2n) is 3.64. The van der Waals surface area contributed by atoms with Crippen LogP contribution in [0.2, 0.25) is 0 Å². The van der Waals surface area contributed by atoms with Crippen molar-refractivity contribution in [2.45, 2.75) is 18.9 Å². The number of rotatable bonds is 3. The monoisotopic (exact) mass is 223 g/mol. The summed E-state index contributed by atoms with van der Waals surface area (Å²) in [4.78, 5) is 28.9. The topological polar surface area (TPSA) is 84.1 Å². The van der Waals surface area contributed by atoms with Gasteiger partial charge in [0.1, 0.15) is 5.56 Å². The van der Waals surface area contributed by atoms with Crippen LogP contribution >= 0.6 is 0 Å². The predicted molar refractivity (Wildman–Crippen MR) is 56.2 cm³/mol. The lowest BCUT2D eigenvalue weighted by Gasteiger charge is -2.09. The average Bonchev–Trinajstić information content (AvgIpc) is 2.79. The van der Waals surface area contributed by atoms with E-state index in [-0.39, 0.29) is 11.7 Å². The van der Waals surface area contributed by atoms with Crippen molar-refractivity contribution in [1.29, 1.82) is 0 Å². The van der Waals surface area contributed by atoms with E-state index in [0.717, 1.165) is 19.4 Å². The Balaban J connectivity index is 1.93. The Hall–Kier alpha value is -1.69. The van der Waals surface area contributed by atoms with Crippen LogP contribution in [0.15, 0.2) is 17.3 Å². The molecular weight excluding hydrogens is 210 g/mol. The average molecular weight is 223 g/mol. The molecule has 1 fully saturated rings. The summed E-state index contributed by atoms with van der Waals surface area (Å²) in [5.74, 6) is -0.412. The first kappa shape index (κ1) is 10.8. The first-order valence-electron chi connectivity index (χ1n) is 5.20. The molecule has 0 aliphatic carbocycles. The third-order valence-electron chi connectivity index (χ3n) is 2.48. The molecule has 2 N–H and O–H groups in total. The first-order chi connectivity index (χ1) is 7.77. The van der Waals surface area contributed by atoms with Crippen molar-refractivity contribution < 1.29 is 9.53 Å². The third kappa shape index (κ3) is 2.46. The zero-order chi connectivity index (χ0) is 11.4. The largest absolute Gasteiger partial charge is 0.376 e. The van der Waals surface area contributed by atoms with Gasteiger partial charge in [-0.1, -0.05) is 0 Å². The Morgan fingerprint density at radius 1 is 1.69 bits per heavy atom. The maximum absolute atomic E-state index is 11.6. The zero-order valence-corrected chi connectivity index (χ0v) is 8.73. The van der Waals surface area contributed by atoms with Crippen LogP contribution in [0.4, 0.5) is 0 Å². The number of hydrogen-bond acceptors (Lipinski definition) is 4. The summed E-state index contributed by atoms with van der Waals surface area (Å²) in [7, 11) is 0. The minimum atomic E-state index is -0.431. The third-order valence-corrected chi connectivity index (χ3v) is 2.48. The van der Waals surface area contributed by atoms with Crippen molar-refractivity contribution in [3.8, 4) is 0 Å². The fourth-order valence-corrected chi connectivity index (χ4v) is 1.61. The van der Waals surface area contributed by atoms with Gasteiger partial charge in [-0.2, -0.15) is 0 Å². The summed E-state index contributed by atoms with van der Waals surface area (Å²) in [6.45, 7) is 1.18. The maximum Gasteiger partial charge on any atom is 0.263 e. The van der Waals surface area contributed by atoms with E-state index in [2.05, 4.69) is 15.3 Å². The minimum absolute atomic E-state index is 0.0282. The summed E-state index contributed by atoms with van der Waals surface area (Å²) in [5, 5.41) is 2.66. The number of H-pyrrole nitrogens is 1. The highest BCUT2D eigenvalue weighted by Gasteiger charge is 2.17. The molecule has 0 aromatic carbocycles. The standard InChI is InChI=1S/C10H13N3O3/c14-9(8-5-11-6-13-10(8)15)12-4-7-2-1-3-16-7/h5-7H,1-4H2,(H,12,14)(H,11,13,15). The molecule has 0 saturated carbocycles. The van der Waals surface area contributed by atoms with Crippen molar-refractivity contribution in [3.63, 3.8) is 0 Å². The van der Waals surface area contributed by atoms with Gasteiger partial charge in [-0.3, -0.25) is 9.59 Å². The van der Waals surface area contributed by atoms with Crippen LogP contribution in [-0.4, -0.2) is 35.1 Å².